The number of hydrogen-bond donors (Lipinski definition) is 3. The SMILES string of the molecule is COc1ccc(NC(=O)C(c2ccccc2O)N(CC#N)C(=O)CNC(=O)OC(C)(C)C)cc1. The predicted molar refractivity (Wildman–Crippen MR) is 124 cm³/mol. The van der Waals surface area contributed by atoms with Crippen molar-refractivity contribution in [2.45, 2.75) is 32.4 Å². The molecule has 1 unspecified atom stereocenters. The van der Waals surface area contributed by atoms with Crippen molar-refractivity contribution in [1.82, 2.24) is 10.2 Å². The molecule has 0 aliphatic carbocycles. The number of alkyl carbamates (subject to hydrolysis) is 1. The van der Waals surface area contributed by atoms with Gasteiger partial charge in [0.15, 0.2) is 0 Å². The molecule has 0 bridgehead atoms. The van der Waals surface area contributed by atoms with Gasteiger partial charge in [0.05, 0.1) is 13.2 Å². The van der Waals surface area contributed by atoms with E-state index in [-0.39, 0.29) is 11.3 Å². The number of benzene rings is 2. The number of amides is 3. The molecule has 3 amide bonds. The van der Waals surface area contributed by atoms with Crippen LogP contribution in [-0.4, -0.2) is 53.7 Å². The Bertz CT molecular complexity index is 1060. The summed E-state index contributed by atoms with van der Waals surface area (Å²) in [4.78, 5) is 39.2. The molecule has 10 nitrogen and oxygen atoms in total. The molecule has 2 aromatic rings. The van der Waals surface area contributed by atoms with Crippen LogP contribution in [0.25, 0.3) is 0 Å². The Kier molecular flexibility index (Phi) is 8.84. The summed E-state index contributed by atoms with van der Waals surface area (Å²) in [6.07, 6.45) is -0.820. The normalized spacial score (nSPS) is 11.5. The van der Waals surface area contributed by atoms with Crippen LogP contribution in [-0.2, 0) is 14.3 Å². The van der Waals surface area contributed by atoms with Gasteiger partial charge >= 0.3 is 6.09 Å². The van der Waals surface area contributed by atoms with Crippen LogP contribution in [0.1, 0.15) is 32.4 Å². The number of ether oxygens (including phenoxy) is 2. The summed E-state index contributed by atoms with van der Waals surface area (Å²) in [5.41, 5.74) is -0.229. The van der Waals surface area contributed by atoms with E-state index in [2.05, 4.69) is 10.6 Å². The van der Waals surface area contributed by atoms with Gasteiger partial charge in [-0.15, -0.1) is 0 Å². The van der Waals surface area contributed by atoms with Gasteiger partial charge in [-0.3, -0.25) is 9.59 Å². The van der Waals surface area contributed by atoms with E-state index in [1.54, 1.807) is 57.2 Å². The van der Waals surface area contributed by atoms with Crippen molar-refractivity contribution in [2.24, 2.45) is 0 Å². The highest BCUT2D eigenvalue weighted by atomic mass is 16.6. The van der Waals surface area contributed by atoms with E-state index in [0.717, 1.165) is 4.90 Å². The third-order valence-corrected chi connectivity index (χ3v) is 4.49. The predicted octanol–water partition coefficient (Wildman–Crippen LogP) is 2.96. The zero-order valence-corrected chi connectivity index (χ0v) is 19.5. The van der Waals surface area contributed by atoms with E-state index < -0.39 is 42.6 Å². The first-order valence-electron chi connectivity index (χ1n) is 10.4. The maximum atomic E-state index is 13.3. The van der Waals surface area contributed by atoms with Gasteiger partial charge in [0.1, 0.15) is 36.2 Å². The van der Waals surface area contributed by atoms with Crippen molar-refractivity contribution >= 4 is 23.6 Å². The second-order valence-electron chi connectivity index (χ2n) is 8.21. The quantitative estimate of drug-likeness (QED) is 0.506. The van der Waals surface area contributed by atoms with Crippen molar-refractivity contribution in [3.63, 3.8) is 0 Å². The fraction of sp³-hybridized carbons (Fsp3) is 0.333. The third kappa shape index (κ3) is 7.41. The number of carbonyl (C=O) groups is 3. The van der Waals surface area contributed by atoms with Crippen LogP contribution < -0.4 is 15.4 Å². The lowest BCUT2D eigenvalue weighted by Gasteiger charge is -2.30. The number of rotatable bonds is 8. The largest absolute Gasteiger partial charge is 0.508 e. The summed E-state index contributed by atoms with van der Waals surface area (Å²) < 4.78 is 10.2. The molecule has 2 rings (SSSR count). The third-order valence-electron chi connectivity index (χ3n) is 4.49. The number of methoxy groups -OCH3 is 1. The number of phenolic OH excluding ortho intramolecular Hbond substituents is 1. The zero-order chi connectivity index (χ0) is 25.3. The Balaban J connectivity index is 2.32. The molecule has 0 aliphatic heterocycles. The van der Waals surface area contributed by atoms with E-state index in [1.807, 2.05) is 6.07 Å². The van der Waals surface area contributed by atoms with Crippen molar-refractivity contribution in [3.8, 4) is 17.6 Å². The standard InChI is InChI=1S/C24H28N4O6/c1-24(2,3)34-23(32)26-15-20(30)28(14-13-25)21(18-7-5-6-8-19(18)29)22(31)27-16-9-11-17(33-4)12-10-16/h5-12,21,29H,14-15H2,1-4H3,(H,26,32)(H,27,31). The first kappa shape index (κ1) is 26.0. The zero-order valence-electron chi connectivity index (χ0n) is 19.5. The molecule has 0 aliphatic rings. The van der Waals surface area contributed by atoms with Crippen LogP contribution in [0, 0.1) is 11.3 Å². The smallest absolute Gasteiger partial charge is 0.408 e. The number of para-hydroxylation sites is 1. The Hall–Kier alpha value is -4.26. The van der Waals surface area contributed by atoms with Gasteiger partial charge < -0.3 is 30.1 Å². The maximum Gasteiger partial charge on any atom is 0.408 e. The Morgan fingerprint density at radius 1 is 1.12 bits per heavy atom. The van der Waals surface area contributed by atoms with Gasteiger partial charge in [0.25, 0.3) is 5.91 Å². The molecule has 2 aromatic carbocycles. The van der Waals surface area contributed by atoms with Crippen LogP contribution >= 0.6 is 0 Å². The number of nitrogens with one attached hydrogen (secondary N) is 2. The number of anilines is 1. The molecule has 0 radical (unpaired) electrons. The maximum absolute atomic E-state index is 13.3. The van der Waals surface area contributed by atoms with E-state index in [1.165, 1.54) is 19.2 Å². The fourth-order valence-electron chi connectivity index (χ4n) is 3.02. The molecule has 10 heteroatoms. The average Bonchev–Trinajstić information content (AvgIpc) is 2.77. The summed E-state index contributed by atoms with van der Waals surface area (Å²) in [6, 6.07) is 13.0. The van der Waals surface area contributed by atoms with Gasteiger partial charge in [-0.05, 0) is 51.1 Å². The van der Waals surface area contributed by atoms with Crippen molar-refractivity contribution in [2.75, 3.05) is 25.5 Å². The van der Waals surface area contributed by atoms with Gasteiger partial charge in [0.2, 0.25) is 5.91 Å². The van der Waals surface area contributed by atoms with E-state index in [0.29, 0.717) is 11.4 Å². The summed E-state index contributed by atoms with van der Waals surface area (Å²) in [5.74, 6) is -1.02. The van der Waals surface area contributed by atoms with Gasteiger partial charge in [-0.2, -0.15) is 5.26 Å². The number of aromatic hydroxyl groups is 1. The van der Waals surface area contributed by atoms with Crippen LogP contribution in [0.3, 0.4) is 0 Å². The summed E-state index contributed by atoms with van der Waals surface area (Å²) >= 11 is 0. The minimum atomic E-state index is -1.35. The lowest BCUT2D eigenvalue weighted by Crippen LogP contribution is -2.46. The minimum Gasteiger partial charge on any atom is -0.508 e. The molecular formula is C24H28N4O6. The first-order chi connectivity index (χ1) is 16.1. The molecule has 0 saturated heterocycles. The highest BCUT2D eigenvalue weighted by Gasteiger charge is 2.33. The number of carbonyl (C=O) groups excluding carboxylic acids is 3. The Morgan fingerprint density at radius 2 is 1.76 bits per heavy atom. The second kappa shape index (κ2) is 11.6. The van der Waals surface area contributed by atoms with Crippen molar-refractivity contribution in [1.29, 1.82) is 5.26 Å². The highest BCUT2D eigenvalue weighted by molar-refractivity contribution is 5.98. The second-order valence-corrected chi connectivity index (χ2v) is 8.21. The summed E-state index contributed by atoms with van der Waals surface area (Å²) in [7, 11) is 1.51. The fourth-order valence-corrected chi connectivity index (χ4v) is 3.02. The van der Waals surface area contributed by atoms with E-state index in [9.17, 15) is 24.8 Å². The molecule has 3 N–H and O–H groups in total. The molecule has 0 aromatic heterocycles. The molecule has 1 atom stereocenters. The Morgan fingerprint density at radius 3 is 2.32 bits per heavy atom. The molecular weight excluding hydrogens is 440 g/mol. The number of nitriles is 1. The van der Waals surface area contributed by atoms with Crippen molar-refractivity contribution in [3.05, 3.63) is 54.1 Å². The molecule has 180 valence electrons. The summed E-state index contributed by atoms with van der Waals surface area (Å²) in [5, 5.41) is 24.8. The molecule has 0 saturated carbocycles. The number of nitrogens with zero attached hydrogens (tertiary/aromatic N) is 2. The topological polar surface area (TPSA) is 141 Å². The van der Waals surface area contributed by atoms with Crippen LogP contribution in [0.15, 0.2) is 48.5 Å². The van der Waals surface area contributed by atoms with E-state index in [4.69, 9.17) is 9.47 Å². The van der Waals surface area contributed by atoms with Crippen LogP contribution in [0.5, 0.6) is 11.5 Å². The molecule has 0 heterocycles. The van der Waals surface area contributed by atoms with Crippen molar-refractivity contribution < 1.29 is 29.0 Å². The van der Waals surface area contributed by atoms with Gasteiger partial charge in [0, 0.05) is 11.3 Å². The molecule has 0 spiro atoms. The summed E-state index contributed by atoms with van der Waals surface area (Å²) in [6.45, 7) is 4.04. The first-order valence-corrected chi connectivity index (χ1v) is 10.4. The van der Waals surface area contributed by atoms with Gasteiger partial charge in [-0.25, -0.2) is 4.79 Å². The van der Waals surface area contributed by atoms with Crippen LogP contribution in [0.4, 0.5) is 10.5 Å². The van der Waals surface area contributed by atoms with E-state index >= 15 is 0 Å². The molecule has 0 fully saturated rings. The molecule has 34 heavy (non-hydrogen) atoms. The average molecular weight is 469 g/mol. The number of hydrogen-bond acceptors (Lipinski definition) is 7. The van der Waals surface area contributed by atoms with Crippen LogP contribution in [0.2, 0.25) is 0 Å². The lowest BCUT2D eigenvalue weighted by atomic mass is 10.0. The lowest BCUT2D eigenvalue weighted by molar-refractivity contribution is -0.137. The van der Waals surface area contributed by atoms with Gasteiger partial charge in [-0.1, -0.05) is 18.2 Å². The highest BCUT2D eigenvalue weighted by Crippen LogP contribution is 2.30. The monoisotopic (exact) mass is 468 g/mol. The number of phenols is 1. The minimum absolute atomic E-state index is 0.120. The Labute approximate surface area is 198 Å².